The van der Waals surface area contributed by atoms with Crippen LogP contribution in [0.3, 0.4) is 0 Å². The monoisotopic (exact) mass is 225 g/mol. The largest absolute Gasteiger partial charge is 0.300 e. The molecule has 0 amide bonds. The maximum Gasteiger partial charge on any atom is 0.130 e. The molecular formula is C12H19NOS. The molecule has 0 aliphatic heterocycles. The molecule has 15 heavy (non-hydrogen) atoms. The van der Waals surface area contributed by atoms with Crippen molar-refractivity contribution in [3.05, 3.63) is 15.6 Å². The molecule has 0 aromatic carbocycles. The van der Waals surface area contributed by atoms with Crippen LogP contribution >= 0.6 is 11.3 Å². The Bertz CT molecular complexity index is 360. The van der Waals surface area contributed by atoms with Crippen LogP contribution in [0.25, 0.3) is 0 Å². The molecule has 0 saturated carbocycles. The molecule has 0 aliphatic carbocycles. The van der Waals surface area contributed by atoms with Gasteiger partial charge in [-0.1, -0.05) is 20.8 Å². The van der Waals surface area contributed by atoms with Gasteiger partial charge in [0.15, 0.2) is 0 Å². The van der Waals surface area contributed by atoms with Crippen molar-refractivity contribution < 1.29 is 4.79 Å². The summed E-state index contributed by atoms with van der Waals surface area (Å²) < 4.78 is 0. The van der Waals surface area contributed by atoms with E-state index in [1.165, 1.54) is 9.88 Å². The van der Waals surface area contributed by atoms with Crippen LogP contribution in [0, 0.1) is 6.92 Å². The van der Waals surface area contributed by atoms with Gasteiger partial charge >= 0.3 is 0 Å². The number of aryl methyl sites for hydroxylation is 2. The van der Waals surface area contributed by atoms with Gasteiger partial charge in [0.05, 0.1) is 10.7 Å². The second kappa shape index (κ2) is 4.44. The minimum atomic E-state index is 0.115. The fraction of sp³-hybridized carbons (Fsp3) is 0.667. The molecule has 0 radical (unpaired) electrons. The van der Waals surface area contributed by atoms with E-state index in [9.17, 15) is 4.79 Å². The summed E-state index contributed by atoms with van der Waals surface area (Å²) in [6.45, 7) is 10.2. The maximum absolute atomic E-state index is 10.9. The number of carbonyl (C=O) groups is 1. The lowest BCUT2D eigenvalue weighted by atomic mass is 9.98. The lowest BCUT2D eigenvalue weighted by Gasteiger charge is -2.13. The second-order valence-electron chi connectivity index (χ2n) is 4.98. The number of rotatable bonds is 3. The predicted molar refractivity (Wildman–Crippen MR) is 64.6 cm³/mol. The summed E-state index contributed by atoms with van der Waals surface area (Å²) in [5.74, 6) is 0.250. The molecule has 0 aliphatic rings. The third-order valence-electron chi connectivity index (χ3n) is 2.24. The molecule has 0 fully saturated rings. The van der Waals surface area contributed by atoms with Crippen LogP contribution in [0.5, 0.6) is 0 Å². The van der Waals surface area contributed by atoms with Crippen LogP contribution in [0.1, 0.15) is 49.7 Å². The van der Waals surface area contributed by atoms with Crippen molar-refractivity contribution in [3.63, 3.8) is 0 Å². The molecule has 0 bridgehead atoms. The molecule has 1 rings (SSSR count). The van der Waals surface area contributed by atoms with Crippen LogP contribution in [0.15, 0.2) is 0 Å². The molecule has 1 heterocycles. The highest BCUT2D eigenvalue weighted by atomic mass is 32.1. The first-order chi connectivity index (χ1) is 6.80. The molecule has 1 aromatic heterocycles. The minimum absolute atomic E-state index is 0.115. The zero-order valence-electron chi connectivity index (χ0n) is 10.2. The van der Waals surface area contributed by atoms with E-state index in [1.807, 2.05) is 6.92 Å². The standard InChI is InChI=1S/C12H19NOS/c1-8(14)6-7-10-9(2)13-11(15-10)12(3,4)5/h6-7H2,1-5H3. The number of carbonyl (C=O) groups excluding carboxylic acids is 1. The van der Waals surface area contributed by atoms with Gasteiger partial charge < -0.3 is 4.79 Å². The highest BCUT2D eigenvalue weighted by Gasteiger charge is 2.19. The van der Waals surface area contributed by atoms with Gasteiger partial charge in [-0.2, -0.15) is 0 Å². The predicted octanol–water partition coefficient (Wildman–Crippen LogP) is 3.27. The fourth-order valence-electron chi connectivity index (χ4n) is 1.27. The summed E-state index contributed by atoms with van der Waals surface area (Å²) in [5, 5.41) is 1.17. The van der Waals surface area contributed by atoms with Gasteiger partial charge in [0, 0.05) is 16.7 Å². The van der Waals surface area contributed by atoms with Crippen LogP contribution in [0.4, 0.5) is 0 Å². The Morgan fingerprint density at radius 2 is 2.00 bits per heavy atom. The molecule has 3 heteroatoms. The summed E-state index contributed by atoms with van der Waals surface area (Å²) >= 11 is 1.75. The van der Waals surface area contributed by atoms with E-state index >= 15 is 0 Å². The SMILES string of the molecule is CC(=O)CCc1sc(C(C)(C)C)nc1C. The van der Waals surface area contributed by atoms with Crippen molar-refractivity contribution in [3.8, 4) is 0 Å². The summed E-state index contributed by atoms with van der Waals surface area (Å²) in [7, 11) is 0. The van der Waals surface area contributed by atoms with Gasteiger partial charge in [-0.25, -0.2) is 4.98 Å². The molecule has 0 saturated heterocycles. The van der Waals surface area contributed by atoms with Gasteiger partial charge in [0.25, 0.3) is 0 Å². The smallest absolute Gasteiger partial charge is 0.130 e. The number of hydrogen-bond donors (Lipinski definition) is 0. The number of hydrogen-bond acceptors (Lipinski definition) is 3. The normalized spacial score (nSPS) is 11.8. The average Bonchev–Trinajstić information content (AvgIpc) is 2.42. The summed E-state index contributed by atoms with van der Waals surface area (Å²) in [4.78, 5) is 16.7. The molecular weight excluding hydrogens is 206 g/mol. The molecule has 0 N–H and O–H groups in total. The van der Waals surface area contributed by atoms with Gasteiger partial charge in [-0.3, -0.25) is 0 Å². The summed E-state index contributed by atoms with van der Waals surface area (Å²) in [5.41, 5.74) is 1.20. The van der Waals surface area contributed by atoms with E-state index in [4.69, 9.17) is 0 Å². The van der Waals surface area contributed by atoms with Gasteiger partial charge in [0.2, 0.25) is 0 Å². The van der Waals surface area contributed by atoms with Gasteiger partial charge in [-0.05, 0) is 20.3 Å². The van der Waals surface area contributed by atoms with E-state index in [0.717, 1.165) is 12.1 Å². The Hall–Kier alpha value is -0.700. The zero-order valence-corrected chi connectivity index (χ0v) is 11.0. The first-order valence-corrected chi connectivity index (χ1v) is 6.08. The molecule has 0 spiro atoms. The molecule has 1 aromatic rings. The maximum atomic E-state index is 10.9. The van der Waals surface area contributed by atoms with Crippen LogP contribution in [0.2, 0.25) is 0 Å². The fourth-order valence-corrected chi connectivity index (χ4v) is 2.39. The van der Waals surface area contributed by atoms with E-state index < -0.39 is 0 Å². The summed E-state index contributed by atoms with van der Waals surface area (Å²) in [6.07, 6.45) is 1.47. The average molecular weight is 225 g/mol. The quantitative estimate of drug-likeness (QED) is 0.790. The highest BCUT2D eigenvalue weighted by Crippen LogP contribution is 2.29. The topological polar surface area (TPSA) is 30.0 Å². The van der Waals surface area contributed by atoms with Crippen molar-refractivity contribution in [2.45, 2.75) is 52.9 Å². The van der Waals surface area contributed by atoms with Crippen molar-refractivity contribution in [1.82, 2.24) is 4.98 Å². The molecule has 0 atom stereocenters. The van der Waals surface area contributed by atoms with Crippen molar-refractivity contribution in [2.24, 2.45) is 0 Å². The van der Waals surface area contributed by atoms with Gasteiger partial charge in [0.1, 0.15) is 5.78 Å². The second-order valence-corrected chi connectivity index (χ2v) is 6.06. The van der Waals surface area contributed by atoms with Crippen molar-refractivity contribution in [2.75, 3.05) is 0 Å². The molecule has 2 nitrogen and oxygen atoms in total. The number of ketones is 1. The third kappa shape index (κ3) is 3.42. The van der Waals surface area contributed by atoms with Crippen molar-refractivity contribution in [1.29, 1.82) is 0 Å². The Kier molecular flexibility index (Phi) is 3.66. The van der Waals surface area contributed by atoms with Crippen LogP contribution < -0.4 is 0 Å². The lowest BCUT2D eigenvalue weighted by Crippen LogP contribution is -2.10. The highest BCUT2D eigenvalue weighted by molar-refractivity contribution is 7.11. The first kappa shape index (κ1) is 12.4. The summed E-state index contributed by atoms with van der Waals surface area (Å²) in [6, 6.07) is 0. The lowest BCUT2D eigenvalue weighted by molar-refractivity contribution is -0.116. The Labute approximate surface area is 95.7 Å². The minimum Gasteiger partial charge on any atom is -0.300 e. The van der Waals surface area contributed by atoms with E-state index in [1.54, 1.807) is 18.3 Å². The third-order valence-corrected chi connectivity index (χ3v) is 3.88. The van der Waals surface area contributed by atoms with E-state index in [2.05, 4.69) is 25.8 Å². The number of Topliss-reactive ketones (excluding diaryl/α,β-unsaturated/α-hetero) is 1. The zero-order chi connectivity index (χ0) is 11.6. The Morgan fingerprint density at radius 1 is 1.40 bits per heavy atom. The first-order valence-electron chi connectivity index (χ1n) is 5.27. The number of aromatic nitrogens is 1. The Morgan fingerprint density at radius 3 is 2.40 bits per heavy atom. The van der Waals surface area contributed by atoms with Crippen LogP contribution in [-0.4, -0.2) is 10.8 Å². The van der Waals surface area contributed by atoms with Gasteiger partial charge in [-0.15, -0.1) is 11.3 Å². The van der Waals surface area contributed by atoms with E-state index in [-0.39, 0.29) is 11.2 Å². The van der Waals surface area contributed by atoms with Crippen molar-refractivity contribution >= 4 is 17.1 Å². The van der Waals surface area contributed by atoms with Crippen LogP contribution in [-0.2, 0) is 16.6 Å². The number of thiazole rings is 1. The Balaban J connectivity index is 2.82. The molecule has 84 valence electrons. The van der Waals surface area contributed by atoms with E-state index in [0.29, 0.717) is 6.42 Å². The molecule has 0 unspecified atom stereocenters. The number of nitrogens with zero attached hydrogens (tertiary/aromatic N) is 1.